The Kier molecular flexibility index (Phi) is 4.47. The van der Waals surface area contributed by atoms with Crippen molar-refractivity contribution in [3.63, 3.8) is 0 Å². The number of hydrogen-bond acceptors (Lipinski definition) is 0. The fraction of sp³-hybridized carbons (Fsp3) is 1.00. The van der Waals surface area contributed by atoms with Crippen molar-refractivity contribution in [3.8, 4) is 0 Å². The Morgan fingerprint density at radius 1 is 1.29 bits per heavy atom. The molecule has 1 rings (SSSR count). The van der Waals surface area contributed by atoms with Gasteiger partial charge in [-0.05, 0) is 36.5 Å². The minimum atomic E-state index is 0.749. The molecule has 0 radical (unpaired) electrons. The molecule has 0 amide bonds. The maximum Gasteiger partial charge on any atom is -0.0294 e. The molecule has 0 heterocycles. The lowest BCUT2D eigenvalue weighted by atomic mass is 9.93. The quantitative estimate of drug-likeness (QED) is 0.501. The Morgan fingerprint density at radius 3 is 2.57 bits per heavy atom. The van der Waals surface area contributed by atoms with Crippen LogP contribution in [0.2, 0.25) is 0 Å². The second-order valence-electron chi connectivity index (χ2n) is 5.76. The molecule has 1 fully saturated rings. The van der Waals surface area contributed by atoms with E-state index < -0.39 is 0 Å². The molecule has 3 unspecified atom stereocenters. The molecule has 3 atom stereocenters. The third kappa shape index (κ3) is 3.29. The number of rotatable bonds is 7. The molecule has 14 heavy (non-hydrogen) atoms. The maximum atomic E-state index is 2.51. The first-order chi connectivity index (χ1) is 6.62. The molecular weight excluding hydrogens is 168 g/mol. The molecule has 0 saturated heterocycles. The largest absolute Gasteiger partial charge is 0.0654 e. The Balaban J connectivity index is 2.14. The molecule has 84 valence electrons. The third-order valence-corrected chi connectivity index (χ3v) is 4.27. The van der Waals surface area contributed by atoms with Crippen LogP contribution in [-0.2, 0) is 0 Å². The average molecular weight is 196 g/mol. The van der Waals surface area contributed by atoms with E-state index in [2.05, 4.69) is 27.7 Å². The average Bonchev–Trinajstić information content (AvgIpc) is 2.77. The first-order valence-corrected chi connectivity index (χ1v) is 6.62. The zero-order valence-electron chi connectivity index (χ0n) is 10.6. The first-order valence-electron chi connectivity index (χ1n) is 6.62. The van der Waals surface area contributed by atoms with E-state index in [0.29, 0.717) is 0 Å². The van der Waals surface area contributed by atoms with Gasteiger partial charge in [-0.15, -0.1) is 0 Å². The van der Waals surface area contributed by atoms with Gasteiger partial charge in [0.2, 0.25) is 0 Å². The lowest BCUT2D eigenvalue weighted by Crippen LogP contribution is -2.02. The van der Waals surface area contributed by atoms with E-state index in [-0.39, 0.29) is 0 Å². The van der Waals surface area contributed by atoms with Crippen LogP contribution in [0.25, 0.3) is 0 Å². The maximum absolute atomic E-state index is 2.51. The van der Waals surface area contributed by atoms with E-state index in [1.807, 2.05) is 0 Å². The second-order valence-corrected chi connectivity index (χ2v) is 5.76. The molecule has 0 heteroatoms. The highest BCUT2D eigenvalue weighted by atomic mass is 14.5. The topological polar surface area (TPSA) is 0 Å². The molecular formula is C14H28. The van der Waals surface area contributed by atoms with E-state index in [9.17, 15) is 0 Å². The molecule has 0 aliphatic heterocycles. The molecule has 0 aromatic carbocycles. The predicted molar refractivity (Wildman–Crippen MR) is 64.4 cm³/mol. The van der Waals surface area contributed by atoms with Crippen LogP contribution in [0, 0.1) is 17.3 Å². The zero-order valence-corrected chi connectivity index (χ0v) is 10.6. The monoisotopic (exact) mass is 196 g/mol. The third-order valence-electron chi connectivity index (χ3n) is 4.27. The fourth-order valence-corrected chi connectivity index (χ4v) is 2.61. The Bertz CT molecular complexity index is 161. The Hall–Kier alpha value is 0. The van der Waals surface area contributed by atoms with Gasteiger partial charge in [0, 0.05) is 0 Å². The molecule has 0 bridgehead atoms. The Morgan fingerprint density at radius 2 is 2.00 bits per heavy atom. The van der Waals surface area contributed by atoms with Gasteiger partial charge >= 0.3 is 0 Å². The van der Waals surface area contributed by atoms with E-state index in [1.54, 1.807) is 0 Å². The van der Waals surface area contributed by atoms with Gasteiger partial charge in [-0.1, -0.05) is 53.4 Å². The van der Waals surface area contributed by atoms with Crippen LogP contribution in [0.5, 0.6) is 0 Å². The normalized spacial score (nSPS) is 33.0. The highest BCUT2D eigenvalue weighted by molar-refractivity contribution is 4.98. The summed E-state index contributed by atoms with van der Waals surface area (Å²) in [7, 11) is 0. The van der Waals surface area contributed by atoms with Crippen LogP contribution in [0.15, 0.2) is 0 Å². The first kappa shape index (κ1) is 12.1. The van der Waals surface area contributed by atoms with Gasteiger partial charge in [0.1, 0.15) is 0 Å². The lowest BCUT2D eigenvalue weighted by Gasteiger charge is -2.13. The molecule has 0 nitrogen and oxygen atoms in total. The van der Waals surface area contributed by atoms with Crippen LogP contribution in [0.3, 0.4) is 0 Å². The van der Waals surface area contributed by atoms with E-state index in [1.165, 1.54) is 44.9 Å². The van der Waals surface area contributed by atoms with Crippen LogP contribution < -0.4 is 0 Å². The van der Waals surface area contributed by atoms with Gasteiger partial charge in [0.25, 0.3) is 0 Å². The van der Waals surface area contributed by atoms with Gasteiger partial charge in [0.15, 0.2) is 0 Å². The molecule has 1 aliphatic carbocycles. The molecule has 0 aromatic rings. The molecule has 1 saturated carbocycles. The summed E-state index contributed by atoms with van der Waals surface area (Å²) in [6.45, 7) is 9.54. The van der Waals surface area contributed by atoms with Gasteiger partial charge < -0.3 is 0 Å². The van der Waals surface area contributed by atoms with Crippen molar-refractivity contribution in [2.45, 2.75) is 72.6 Å². The Labute approximate surface area is 90.5 Å². The van der Waals surface area contributed by atoms with Crippen molar-refractivity contribution in [1.29, 1.82) is 0 Å². The predicted octanol–water partition coefficient (Wildman–Crippen LogP) is 5.03. The van der Waals surface area contributed by atoms with Crippen molar-refractivity contribution in [1.82, 2.24) is 0 Å². The van der Waals surface area contributed by atoms with Gasteiger partial charge in [-0.3, -0.25) is 0 Å². The van der Waals surface area contributed by atoms with Crippen LogP contribution in [0.4, 0.5) is 0 Å². The van der Waals surface area contributed by atoms with Crippen molar-refractivity contribution in [2.75, 3.05) is 0 Å². The minimum absolute atomic E-state index is 0.749. The summed E-state index contributed by atoms with van der Waals surface area (Å²) < 4.78 is 0. The van der Waals surface area contributed by atoms with Crippen LogP contribution in [-0.4, -0.2) is 0 Å². The van der Waals surface area contributed by atoms with Crippen molar-refractivity contribution in [3.05, 3.63) is 0 Å². The standard InChI is InChI=1S/C14H28/c1-5-7-8-9-14(4)11-13(14)10-12(3)6-2/h12-13H,5-11H2,1-4H3. The molecule has 0 N–H and O–H groups in total. The minimum Gasteiger partial charge on any atom is -0.0654 e. The highest BCUT2D eigenvalue weighted by Crippen LogP contribution is 2.58. The second kappa shape index (κ2) is 5.19. The lowest BCUT2D eigenvalue weighted by molar-refractivity contribution is 0.381. The summed E-state index contributed by atoms with van der Waals surface area (Å²) in [5.41, 5.74) is 0.749. The highest BCUT2D eigenvalue weighted by Gasteiger charge is 2.48. The van der Waals surface area contributed by atoms with Gasteiger partial charge in [-0.2, -0.15) is 0 Å². The molecule has 0 aromatic heterocycles. The summed E-state index contributed by atoms with van der Waals surface area (Å²) in [5.74, 6) is 2.02. The summed E-state index contributed by atoms with van der Waals surface area (Å²) in [6.07, 6.45) is 10.1. The van der Waals surface area contributed by atoms with Gasteiger partial charge in [0.05, 0.1) is 0 Å². The number of hydrogen-bond donors (Lipinski definition) is 0. The summed E-state index contributed by atoms with van der Waals surface area (Å²) in [4.78, 5) is 0. The summed E-state index contributed by atoms with van der Waals surface area (Å²) in [5, 5.41) is 0. The van der Waals surface area contributed by atoms with Crippen molar-refractivity contribution >= 4 is 0 Å². The van der Waals surface area contributed by atoms with Crippen molar-refractivity contribution in [2.24, 2.45) is 17.3 Å². The molecule has 0 spiro atoms. The van der Waals surface area contributed by atoms with Crippen LogP contribution in [0.1, 0.15) is 72.6 Å². The SMILES string of the molecule is CCCCCC1(C)CC1CC(C)CC. The van der Waals surface area contributed by atoms with E-state index in [4.69, 9.17) is 0 Å². The van der Waals surface area contributed by atoms with Crippen molar-refractivity contribution < 1.29 is 0 Å². The number of unbranched alkanes of at least 4 members (excludes halogenated alkanes) is 2. The summed E-state index contributed by atoms with van der Waals surface area (Å²) in [6, 6.07) is 0. The van der Waals surface area contributed by atoms with E-state index in [0.717, 1.165) is 17.3 Å². The smallest absolute Gasteiger partial charge is 0.0294 e. The van der Waals surface area contributed by atoms with E-state index >= 15 is 0 Å². The van der Waals surface area contributed by atoms with Gasteiger partial charge in [-0.25, -0.2) is 0 Å². The molecule has 1 aliphatic rings. The summed E-state index contributed by atoms with van der Waals surface area (Å²) >= 11 is 0. The fourth-order valence-electron chi connectivity index (χ4n) is 2.61. The van der Waals surface area contributed by atoms with Crippen LogP contribution >= 0.6 is 0 Å². The zero-order chi connectivity index (χ0) is 10.6.